The van der Waals surface area contributed by atoms with Gasteiger partial charge in [-0.05, 0) is 53.7 Å². The van der Waals surface area contributed by atoms with Crippen molar-refractivity contribution in [2.45, 2.75) is 38.5 Å². The lowest BCUT2D eigenvalue weighted by Crippen LogP contribution is -2.17. The van der Waals surface area contributed by atoms with Gasteiger partial charge < -0.3 is 14.3 Å². The van der Waals surface area contributed by atoms with Crippen molar-refractivity contribution in [2.75, 3.05) is 12.4 Å². The topological polar surface area (TPSA) is 80.1 Å². The first-order valence-corrected chi connectivity index (χ1v) is 14.8. The van der Waals surface area contributed by atoms with Gasteiger partial charge in [0.15, 0.2) is 5.82 Å². The third kappa shape index (κ3) is 6.97. The van der Waals surface area contributed by atoms with Gasteiger partial charge >= 0.3 is 0 Å². The van der Waals surface area contributed by atoms with Crippen LogP contribution in [0, 0.1) is 0 Å². The summed E-state index contributed by atoms with van der Waals surface area (Å²) in [5.41, 5.74) is 5.11. The molecule has 2 N–H and O–H groups in total. The van der Waals surface area contributed by atoms with Gasteiger partial charge in [-0.2, -0.15) is 0 Å². The molecule has 0 saturated carbocycles. The highest BCUT2D eigenvalue weighted by molar-refractivity contribution is 7.93. The number of halogens is 1. The van der Waals surface area contributed by atoms with E-state index in [0.717, 1.165) is 71.6 Å². The molecule has 40 heavy (non-hydrogen) atoms. The van der Waals surface area contributed by atoms with E-state index in [-0.39, 0.29) is 5.56 Å². The van der Waals surface area contributed by atoms with Crippen molar-refractivity contribution in [2.24, 2.45) is 0 Å². The number of nitrogens with one attached hydrogen (secondary N) is 1. The van der Waals surface area contributed by atoms with Crippen LogP contribution in [0.15, 0.2) is 89.9 Å². The van der Waals surface area contributed by atoms with Crippen molar-refractivity contribution in [1.29, 1.82) is 0 Å². The van der Waals surface area contributed by atoms with Gasteiger partial charge in [-0.1, -0.05) is 91.2 Å². The molecule has 2 aliphatic rings. The lowest BCUT2D eigenvalue weighted by molar-refractivity contribution is 0.305. The first-order chi connectivity index (χ1) is 19.6. The van der Waals surface area contributed by atoms with E-state index in [1.807, 2.05) is 72.9 Å². The number of hydrogen-bond acceptors (Lipinski definition) is 5. The van der Waals surface area contributed by atoms with E-state index >= 15 is 0 Å². The third-order valence-electron chi connectivity index (χ3n) is 6.81. The molecule has 8 heteroatoms. The normalized spacial score (nSPS) is 11.2. The van der Waals surface area contributed by atoms with Crippen molar-refractivity contribution in [3.8, 4) is 22.8 Å². The Morgan fingerprint density at radius 1 is 0.900 bits per heavy atom. The molecular formula is C32H32ClN3O3S. The van der Waals surface area contributed by atoms with Crippen LogP contribution in [-0.2, 0) is 12.8 Å². The molecule has 0 radical (unpaired) electrons. The number of nitrogens with zero attached hydrogens (tertiary/aromatic N) is 2. The minimum atomic E-state index is -0.133. The van der Waals surface area contributed by atoms with Gasteiger partial charge in [-0.15, -0.1) is 0 Å². The Morgan fingerprint density at radius 3 is 2.40 bits per heavy atom. The zero-order chi connectivity index (χ0) is 27.7. The second kappa shape index (κ2) is 13.7. The van der Waals surface area contributed by atoms with E-state index in [1.54, 1.807) is 4.57 Å². The van der Waals surface area contributed by atoms with Crippen molar-refractivity contribution >= 4 is 23.6 Å². The number of benzene rings is 3. The number of hydrogen-bond donors (Lipinski definition) is 2. The summed E-state index contributed by atoms with van der Waals surface area (Å²) in [5, 5.41) is 0.523. The van der Waals surface area contributed by atoms with Crippen LogP contribution in [0.1, 0.15) is 48.2 Å². The van der Waals surface area contributed by atoms with Crippen molar-refractivity contribution in [3.63, 3.8) is 0 Å². The van der Waals surface area contributed by atoms with Gasteiger partial charge in [0.25, 0.3) is 5.56 Å². The Balaban J connectivity index is 1.37. The molecule has 3 aromatic rings. The summed E-state index contributed by atoms with van der Waals surface area (Å²) in [6.07, 6.45) is 6.88. The Morgan fingerprint density at radius 2 is 1.65 bits per heavy atom. The van der Waals surface area contributed by atoms with Gasteiger partial charge in [0.05, 0.1) is 23.0 Å². The number of ether oxygens (including phenoxy) is 1. The fourth-order valence-corrected chi connectivity index (χ4v) is 5.34. The van der Waals surface area contributed by atoms with Gasteiger partial charge in [0, 0.05) is 24.8 Å². The van der Waals surface area contributed by atoms with Crippen LogP contribution in [0.5, 0.6) is 5.75 Å². The SMILES string of the molecule is O=c1c(Cc2ccc(OCCCCCCSO)c(Cl)c2)nc2c(Cc3ccccc3)[nH]c(-c3ccccc3)cn1-2. The molecule has 6 nitrogen and oxygen atoms in total. The molecule has 0 unspecified atom stereocenters. The van der Waals surface area contributed by atoms with Crippen LogP contribution in [-0.4, -0.2) is 31.4 Å². The third-order valence-corrected chi connectivity index (χ3v) is 7.58. The van der Waals surface area contributed by atoms with Gasteiger partial charge in [0.2, 0.25) is 0 Å². The molecule has 2 heterocycles. The summed E-state index contributed by atoms with van der Waals surface area (Å²) in [7, 11) is 0. The molecule has 0 fully saturated rings. The quantitative estimate of drug-likeness (QED) is 0.112. The van der Waals surface area contributed by atoms with Crippen molar-refractivity contribution in [1.82, 2.24) is 14.5 Å². The molecule has 0 saturated heterocycles. The first kappa shape index (κ1) is 28.0. The maximum atomic E-state index is 13.6. The predicted octanol–water partition coefficient (Wildman–Crippen LogP) is 7.65. The monoisotopic (exact) mass is 573 g/mol. The lowest BCUT2D eigenvalue weighted by Gasteiger charge is -2.13. The summed E-state index contributed by atoms with van der Waals surface area (Å²) < 4.78 is 16.3. The zero-order valence-corrected chi connectivity index (χ0v) is 23.8. The fraction of sp³-hybridized carbons (Fsp3) is 0.250. The smallest absolute Gasteiger partial charge is 0.278 e. The molecule has 206 valence electrons. The zero-order valence-electron chi connectivity index (χ0n) is 22.2. The Labute approximate surface area is 243 Å². The Bertz CT molecular complexity index is 1550. The number of aromatic nitrogens is 3. The summed E-state index contributed by atoms with van der Waals surface area (Å²) in [5.74, 6) is 2.04. The summed E-state index contributed by atoms with van der Waals surface area (Å²) in [4.78, 5) is 21.9. The molecule has 3 aromatic carbocycles. The largest absolute Gasteiger partial charge is 0.492 e. The highest BCUT2D eigenvalue weighted by atomic mass is 35.5. The standard InChI is InChI=1S/C32H32ClN3O3S/c33-26-19-24(15-16-30(26)39-17-9-1-2-10-18-40-38)21-28-32(37)36-22-29(25-13-7-4-8-14-25)34-27(31(36)35-28)20-23-11-5-3-6-12-23/h3-8,11-16,19,22,34,38H,1-2,9-10,17-18,20-21H2. The van der Waals surface area contributed by atoms with Crippen LogP contribution in [0.4, 0.5) is 0 Å². The minimum Gasteiger partial charge on any atom is -0.492 e. The molecule has 0 atom stereocenters. The fourth-order valence-electron chi connectivity index (χ4n) is 4.75. The summed E-state index contributed by atoms with van der Waals surface area (Å²) in [6.45, 7) is 0.590. The number of aromatic amines is 1. The number of fused-ring (bicyclic) bond motifs is 1. The molecule has 0 aliphatic carbocycles. The number of H-pyrrole nitrogens is 1. The number of imidazole rings is 1. The van der Waals surface area contributed by atoms with Crippen LogP contribution >= 0.6 is 23.6 Å². The van der Waals surface area contributed by atoms with E-state index in [1.165, 1.54) is 0 Å². The average Bonchev–Trinajstić information content (AvgIpc) is 3.29. The summed E-state index contributed by atoms with van der Waals surface area (Å²) >= 11 is 7.43. The Hall–Kier alpha value is -3.52. The highest BCUT2D eigenvalue weighted by Crippen LogP contribution is 2.28. The molecule has 0 spiro atoms. The van der Waals surface area contributed by atoms with Crippen LogP contribution in [0.2, 0.25) is 5.02 Å². The summed E-state index contributed by atoms with van der Waals surface area (Å²) in [6, 6.07) is 25.8. The first-order valence-electron chi connectivity index (χ1n) is 13.5. The maximum Gasteiger partial charge on any atom is 0.278 e. The molecule has 0 aromatic heterocycles. The average molecular weight is 574 g/mol. The minimum absolute atomic E-state index is 0.133. The number of unbranched alkanes of at least 4 members (excludes halogenated alkanes) is 3. The van der Waals surface area contributed by atoms with E-state index in [4.69, 9.17) is 25.9 Å². The highest BCUT2D eigenvalue weighted by Gasteiger charge is 2.21. The van der Waals surface area contributed by atoms with Gasteiger partial charge in [0.1, 0.15) is 11.4 Å². The van der Waals surface area contributed by atoms with Crippen LogP contribution < -0.4 is 10.3 Å². The number of rotatable bonds is 13. The molecule has 5 rings (SSSR count). The Kier molecular flexibility index (Phi) is 9.60. The van der Waals surface area contributed by atoms with Crippen LogP contribution in [0.25, 0.3) is 17.1 Å². The maximum absolute atomic E-state index is 13.6. The van der Waals surface area contributed by atoms with E-state index in [9.17, 15) is 4.79 Å². The van der Waals surface area contributed by atoms with Crippen molar-refractivity contribution < 1.29 is 9.29 Å². The molecular weight excluding hydrogens is 542 g/mol. The second-order valence-corrected chi connectivity index (χ2v) is 10.8. The second-order valence-electron chi connectivity index (χ2n) is 9.77. The van der Waals surface area contributed by atoms with Crippen molar-refractivity contribution in [3.05, 3.63) is 123 Å². The molecule has 0 amide bonds. The van der Waals surface area contributed by atoms with E-state index in [2.05, 4.69) is 17.1 Å². The van der Waals surface area contributed by atoms with E-state index < -0.39 is 0 Å². The molecule has 0 bridgehead atoms. The van der Waals surface area contributed by atoms with Gasteiger partial charge in [-0.3, -0.25) is 9.36 Å². The van der Waals surface area contributed by atoms with Crippen LogP contribution in [0.3, 0.4) is 0 Å². The molecule has 2 aliphatic heterocycles. The predicted molar refractivity (Wildman–Crippen MR) is 163 cm³/mol. The lowest BCUT2D eigenvalue weighted by atomic mass is 10.1. The van der Waals surface area contributed by atoms with Gasteiger partial charge in [-0.25, -0.2) is 4.98 Å². The van der Waals surface area contributed by atoms with E-state index in [0.29, 0.717) is 41.7 Å².